The van der Waals surface area contributed by atoms with E-state index in [1.807, 2.05) is 23.1 Å². The fourth-order valence-corrected chi connectivity index (χ4v) is 3.67. The van der Waals surface area contributed by atoms with E-state index in [1.165, 1.54) is 11.0 Å². The van der Waals surface area contributed by atoms with E-state index in [0.717, 1.165) is 23.7 Å². The quantitative estimate of drug-likeness (QED) is 0.730. The van der Waals surface area contributed by atoms with Gasteiger partial charge in [-0.2, -0.15) is 0 Å². The summed E-state index contributed by atoms with van der Waals surface area (Å²) in [5.41, 5.74) is 1.04. The lowest BCUT2D eigenvalue weighted by Crippen LogP contribution is -2.48. The van der Waals surface area contributed by atoms with Gasteiger partial charge in [0.15, 0.2) is 10.9 Å². The first-order valence-electron chi connectivity index (χ1n) is 7.24. The Morgan fingerprint density at radius 3 is 2.64 bits per heavy atom. The summed E-state index contributed by atoms with van der Waals surface area (Å²) in [5, 5.41) is 1.03. The van der Waals surface area contributed by atoms with Gasteiger partial charge in [0.2, 0.25) is 0 Å². The van der Waals surface area contributed by atoms with Crippen LogP contribution < -0.4 is 4.90 Å². The molecule has 0 N–H and O–H groups in total. The molecule has 2 aromatic heterocycles. The number of carbonyl (C=O) groups excluding carboxylic acids is 1. The second-order valence-electron chi connectivity index (χ2n) is 5.22. The van der Waals surface area contributed by atoms with Crippen molar-refractivity contribution in [3.63, 3.8) is 0 Å². The molecule has 3 heterocycles. The molecule has 0 spiro atoms. The Labute approximate surface area is 131 Å². The smallest absolute Gasteiger partial charge is 0.289 e. The number of furan rings is 1. The van der Waals surface area contributed by atoms with Gasteiger partial charge in [-0.25, -0.2) is 4.98 Å². The van der Waals surface area contributed by atoms with Crippen molar-refractivity contribution in [1.82, 2.24) is 9.88 Å². The number of anilines is 1. The van der Waals surface area contributed by atoms with Crippen LogP contribution in [0.1, 0.15) is 10.6 Å². The molecule has 22 heavy (non-hydrogen) atoms. The minimum absolute atomic E-state index is 0.0334. The molecule has 1 aliphatic rings. The second-order valence-corrected chi connectivity index (χ2v) is 6.23. The topological polar surface area (TPSA) is 49.6 Å². The van der Waals surface area contributed by atoms with Crippen LogP contribution in [0.2, 0.25) is 0 Å². The number of piperazine rings is 1. The molecule has 1 fully saturated rings. The van der Waals surface area contributed by atoms with Gasteiger partial charge in [0.1, 0.15) is 0 Å². The minimum Gasteiger partial charge on any atom is -0.459 e. The molecular formula is C16H15N3O2S. The van der Waals surface area contributed by atoms with Crippen LogP contribution in [0.25, 0.3) is 10.2 Å². The number of rotatable bonds is 2. The molecular weight excluding hydrogens is 298 g/mol. The molecule has 6 heteroatoms. The fourth-order valence-electron chi connectivity index (χ4n) is 2.65. The summed E-state index contributed by atoms with van der Waals surface area (Å²) in [6.45, 7) is 2.98. The summed E-state index contributed by atoms with van der Waals surface area (Å²) in [6.07, 6.45) is 1.53. The molecule has 0 bridgehead atoms. The average Bonchev–Trinajstić information content (AvgIpc) is 3.23. The number of amides is 1. The second kappa shape index (κ2) is 5.46. The normalized spacial score (nSPS) is 15.5. The average molecular weight is 313 g/mol. The number of aromatic nitrogens is 1. The zero-order valence-corrected chi connectivity index (χ0v) is 12.8. The van der Waals surface area contributed by atoms with Crippen molar-refractivity contribution in [1.29, 1.82) is 0 Å². The van der Waals surface area contributed by atoms with Gasteiger partial charge < -0.3 is 14.2 Å². The van der Waals surface area contributed by atoms with Crippen molar-refractivity contribution in [2.75, 3.05) is 31.1 Å². The summed E-state index contributed by atoms with van der Waals surface area (Å²) >= 11 is 1.70. The van der Waals surface area contributed by atoms with E-state index < -0.39 is 0 Å². The Hall–Kier alpha value is -2.34. The maximum atomic E-state index is 12.2. The van der Waals surface area contributed by atoms with Gasteiger partial charge in [0.05, 0.1) is 16.5 Å². The minimum atomic E-state index is -0.0334. The summed E-state index contributed by atoms with van der Waals surface area (Å²) < 4.78 is 6.39. The molecule has 1 saturated heterocycles. The maximum absolute atomic E-state index is 12.2. The van der Waals surface area contributed by atoms with Crippen LogP contribution in [0, 0.1) is 0 Å². The Bertz CT molecular complexity index is 756. The highest BCUT2D eigenvalue weighted by atomic mass is 32.1. The molecule has 0 unspecified atom stereocenters. The van der Waals surface area contributed by atoms with Crippen LogP contribution in [-0.4, -0.2) is 42.0 Å². The van der Waals surface area contributed by atoms with Crippen molar-refractivity contribution in [2.45, 2.75) is 0 Å². The van der Waals surface area contributed by atoms with E-state index in [9.17, 15) is 4.79 Å². The molecule has 1 aliphatic heterocycles. The standard InChI is InChI=1S/C16H15N3O2S/c20-15(13-5-3-11-21-13)18-7-9-19(10-8-18)16-17-12-4-1-2-6-14(12)22-16/h1-6,11H,7-10H2. The number of thiazole rings is 1. The van der Waals surface area contributed by atoms with Crippen molar-refractivity contribution in [2.24, 2.45) is 0 Å². The van der Waals surface area contributed by atoms with Crippen LogP contribution >= 0.6 is 11.3 Å². The number of hydrogen-bond donors (Lipinski definition) is 0. The molecule has 0 aliphatic carbocycles. The summed E-state index contributed by atoms with van der Waals surface area (Å²) in [7, 11) is 0. The van der Waals surface area contributed by atoms with E-state index in [2.05, 4.69) is 16.0 Å². The van der Waals surface area contributed by atoms with E-state index in [0.29, 0.717) is 18.8 Å². The zero-order valence-electron chi connectivity index (χ0n) is 11.9. The van der Waals surface area contributed by atoms with Gasteiger partial charge in [-0.3, -0.25) is 4.79 Å². The van der Waals surface area contributed by atoms with Crippen molar-refractivity contribution in [3.8, 4) is 0 Å². The van der Waals surface area contributed by atoms with Gasteiger partial charge in [0.25, 0.3) is 5.91 Å². The van der Waals surface area contributed by atoms with E-state index in [-0.39, 0.29) is 5.91 Å². The van der Waals surface area contributed by atoms with Crippen LogP contribution in [0.4, 0.5) is 5.13 Å². The SMILES string of the molecule is O=C(c1ccco1)N1CCN(c2nc3ccccc3s2)CC1. The Kier molecular flexibility index (Phi) is 3.31. The third-order valence-electron chi connectivity index (χ3n) is 3.85. The number of nitrogens with zero attached hydrogens (tertiary/aromatic N) is 3. The first kappa shape index (κ1) is 13.3. The predicted molar refractivity (Wildman–Crippen MR) is 86.4 cm³/mol. The van der Waals surface area contributed by atoms with Crippen molar-refractivity contribution < 1.29 is 9.21 Å². The maximum Gasteiger partial charge on any atom is 0.289 e. The van der Waals surface area contributed by atoms with Gasteiger partial charge in [-0.15, -0.1) is 0 Å². The van der Waals surface area contributed by atoms with Crippen LogP contribution in [0.15, 0.2) is 47.1 Å². The van der Waals surface area contributed by atoms with Gasteiger partial charge in [-0.1, -0.05) is 23.5 Å². The highest BCUT2D eigenvalue weighted by molar-refractivity contribution is 7.22. The largest absolute Gasteiger partial charge is 0.459 e. The lowest BCUT2D eigenvalue weighted by atomic mass is 10.3. The first-order valence-corrected chi connectivity index (χ1v) is 8.06. The lowest BCUT2D eigenvalue weighted by Gasteiger charge is -2.34. The summed E-state index contributed by atoms with van der Waals surface area (Å²) in [6, 6.07) is 11.6. The van der Waals surface area contributed by atoms with E-state index >= 15 is 0 Å². The highest BCUT2D eigenvalue weighted by Crippen LogP contribution is 2.29. The predicted octanol–water partition coefficient (Wildman–Crippen LogP) is 2.85. The molecule has 112 valence electrons. The third kappa shape index (κ3) is 2.35. The molecule has 0 atom stereocenters. The van der Waals surface area contributed by atoms with Crippen LogP contribution in [-0.2, 0) is 0 Å². The van der Waals surface area contributed by atoms with Gasteiger partial charge in [-0.05, 0) is 24.3 Å². The lowest BCUT2D eigenvalue weighted by molar-refractivity contribution is 0.0714. The third-order valence-corrected chi connectivity index (χ3v) is 4.95. The van der Waals surface area contributed by atoms with Crippen molar-refractivity contribution in [3.05, 3.63) is 48.4 Å². The molecule has 5 nitrogen and oxygen atoms in total. The monoisotopic (exact) mass is 313 g/mol. The molecule has 0 radical (unpaired) electrons. The van der Waals surface area contributed by atoms with Crippen LogP contribution in [0.3, 0.4) is 0 Å². The number of fused-ring (bicyclic) bond motifs is 1. The summed E-state index contributed by atoms with van der Waals surface area (Å²) in [5.74, 6) is 0.377. The van der Waals surface area contributed by atoms with Gasteiger partial charge >= 0.3 is 0 Å². The summed E-state index contributed by atoms with van der Waals surface area (Å²) in [4.78, 5) is 21.0. The fraction of sp³-hybridized carbons (Fsp3) is 0.250. The highest BCUT2D eigenvalue weighted by Gasteiger charge is 2.25. The Morgan fingerprint density at radius 1 is 1.09 bits per heavy atom. The van der Waals surface area contributed by atoms with Gasteiger partial charge in [0, 0.05) is 26.2 Å². The zero-order chi connectivity index (χ0) is 14.9. The molecule has 1 aromatic carbocycles. The number of carbonyl (C=O) groups is 1. The molecule has 0 saturated carbocycles. The van der Waals surface area contributed by atoms with E-state index in [1.54, 1.807) is 23.5 Å². The van der Waals surface area contributed by atoms with Crippen molar-refractivity contribution >= 4 is 32.6 Å². The van der Waals surface area contributed by atoms with E-state index in [4.69, 9.17) is 4.42 Å². The van der Waals surface area contributed by atoms with Crippen LogP contribution in [0.5, 0.6) is 0 Å². The number of para-hydroxylation sites is 1. The number of benzene rings is 1. The molecule has 1 amide bonds. The molecule has 4 rings (SSSR count). The Morgan fingerprint density at radius 2 is 1.91 bits per heavy atom. The number of hydrogen-bond acceptors (Lipinski definition) is 5. The first-order chi connectivity index (χ1) is 10.8. The Balaban J connectivity index is 1.46. The molecule has 3 aromatic rings.